The number of aromatic nitrogens is 4. The second-order valence-corrected chi connectivity index (χ2v) is 11.8. The van der Waals surface area contributed by atoms with Crippen LogP contribution in [0.25, 0.3) is 27.8 Å². The van der Waals surface area contributed by atoms with E-state index < -0.39 is 0 Å². The van der Waals surface area contributed by atoms with E-state index >= 15 is 0 Å². The van der Waals surface area contributed by atoms with Crippen molar-refractivity contribution in [3.05, 3.63) is 53.0 Å². The molecule has 5 heterocycles. The fraction of sp³-hybridized carbons (Fsp3) is 0.516. The molecule has 9 nitrogen and oxygen atoms in total. The molecule has 0 radical (unpaired) electrons. The van der Waals surface area contributed by atoms with Gasteiger partial charge in [0.05, 0.1) is 12.3 Å². The Morgan fingerprint density at radius 1 is 1.05 bits per heavy atom. The zero-order chi connectivity index (χ0) is 28.0. The van der Waals surface area contributed by atoms with Gasteiger partial charge in [-0.15, -0.1) is 0 Å². The zero-order valence-electron chi connectivity index (χ0n) is 24.2. The van der Waals surface area contributed by atoms with Gasteiger partial charge >= 0.3 is 6.03 Å². The number of likely N-dealkylation sites (tertiary alicyclic amines) is 1. The molecule has 2 saturated heterocycles. The average Bonchev–Trinajstić information content (AvgIpc) is 3.60. The number of nitrogens with one attached hydrogen (secondary N) is 1. The minimum absolute atomic E-state index is 0.171. The molecule has 9 heteroatoms. The second-order valence-electron chi connectivity index (χ2n) is 11.8. The number of aryl methyl sites for hydroxylation is 1. The molecule has 6 rings (SSSR count). The van der Waals surface area contributed by atoms with Crippen LogP contribution in [0.1, 0.15) is 60.8 Å². The first-order valence-electron chi connectivity index (χ1n) is 14.7. The van der Waals surface area contributed by atoms with Gasteiger partial charge in [-0.3, -0.25) is 4.90 Å². The van der Waals surface area contributed by atoms with Crippen molar-refractivity contribution >= 4 is 22.6 Å². The lowest BCUT2D eigenvalue weighted by atomic mass is 9.87. The number of fused-ring (bicyclic) bond motifs is 2. The summed E-state index contributed by atoms with van der Waals surface area (Å²) in [6.07, 6.45) is 5.68. The van der Waals surface area contributed by atoms with Crippen molar-refractivity contribution in [2.75, 3.05) is 52.4 Å². The van der Waals surface area contributed by atoms with Crippen molar-refractivity contribution in [2.45, 2.75) is 52.4 Å². The SMILES string of the molecule is Cc1c(-c2[nH]c3ccc(C4CCN(C(=O)N5CCN(CCO)CC5)CC4)cc3c2C(C)C)cn2ncnc2c1C. The van der Waals surface area contributed by atoms with E-state index in [0.717, 1.165) is 68.8 Å². The van der Waals surface area contributed by atoms with E-state index in [1.54, 1.807) is 6.33 Å². The van der Waals surface area contributed by atoms with Gasteiger partial charge in [-0.2, -0.15) is 5.10 Å². The predicted molar refractivity (Wildman–Crippen MR) is 158 cm³/mol. The van der Waals surface area contributed by atoms with E-state index in [2.05, 4.69) is 72.1 Å². The summed E-state index contributed by atoms with van der Waals surface area (Å²) >= 11 is 0. The summed E-state index contributed by atoms with van der Waals surface area (Å²) in [6, 6.07) is 7.07. The number of hydrogen-bond donors (Lipinski definition) is 2. The maximum atomic E-state index is 13.2. The minimum Gasteiger partial charge on any atom is -0.395 e. The molecule has 212 valence electrons. The molecule has 2 N–H and O–H groups in total. The van der Waals surface area contributed by atoms with Crippen LogP contribution in [0.4, 0.5) is 4.79 Å². The number of nitrogens with zero attached hydrogens (tertiary/aromatic N) is 6. The molecule has 2 aliphatic heterocycles. The lowest BCUT2D eigenvalue weighted by molar-refractivity contribution is 0.0967. The molecule has 2 amide bonds. The normalized spacial score (nSPS) is 17.6. The molecule has 0 atom stereocenters. The standard InChI is InChI=1S/C31H41N7O2/c1-20(2)28-25-17-24(23-7-9-36(10-8-23)31(40)37-13-11-35(12-14-37)15-16-39)5-6-27(25)34-29(28)26-18-38-30(32-19-33-38)22(4)21(26)3/h5-6,17-20,23,34,39H,7-16H2,1-4H3. The summed E-state index contributed by atoms with van der Waals surface area (Å²) in [5.74, 6) is 0.797. The Kier molecular flexibility index (Phi) is 7.27. The Bertz CT molecular complexity index is 1520. The average molecular weight is 544 g/mol. The maximum absolute atomic E-state index is 13.2. The van der Waals surface area contributed by atoms with Crippen LogP contribution in [0.2, 0.25) is 0 Å². The summed E-state index contributed by atoms with van der Waals surface area (Å²) < 4.78 is 1.88. The van der Waals surface area contributed by atoms with Gasteiger partial charge in [0.15, 0.2) is 5.65 Å². The number of rotatable bonds is 5. The maximum Gasteiger partial charge on any atom is 0.320 e. The van der Waals surface area contributed by atoms with E-state index in [0.29, 0.717) is 18.4 Å². The third-order valence-electron chi connectivity index (χ3n) is 9.13. The molecule has 2 aliphatic rings. The number of aliphatic hydroxyl groups is 1. The van der Waals surface area contributed by atoms with Crippen molar-refractivity contribution in [1.29, 1.82) is 0 Å². The van der Waals surface area contributed by atoms with Gasteiger partial charge in [0.25, 0.3) is 0 Å². The number of aromatic amines is 1. The highest BCUT2D eigenvalue weighted by molar-refractivity contribution is 5.92. The largest absolute Gasteiger partial charge is 0.395 e. The van der Waals surface area contributed by atoms with Crippen molar-refractivity contribution in [3.8, 4) is 11.3 Å². The topological polar surface area (TPSA) is 93.0 Å². The third-order valence-corrected chi connectivity index (χ3v) is 9.13. The number of H-pyrrole nitrogens is 1. The minimum atomic E-state index is 0.171. The van der Waals surface area contributed by atoms with Crippen LogP contribution in [0.15, 0.2) is 30.7 Å². The predicted octanol–water partition coefficient (Wildman–Crippen LogP) is 4.53. The van der Waals surface area contributed by atoms with Crippen LogP contribution in [0.5, 0.6) is 0 Å². The Hall–Kier alpha value is -3.43. The second kappa shape index (κ2) is 10.9. The van der Waals surface area contributed by atoms with E-state index in [-0.39, 0.29) is 12.6 Å². The molecule has 0 bridgehead atoms. The number of piperazine rings is 1. The monoisotopic (exact) mass is 543 g/mol. The van der Waals surface area contributed by atoms with Crippen molar-refractivity contribution in [2.24, 2.45) is 0 Å². The lowest BCUT2D eigenvalue weighted by Gasteiger charge is -2.39. The molecule has 0 saturated carbocycles. The number of carbonyl (C=O) groups is 1. The molecule has 2 fully saturated rings. The molecular formula is C31H41N7O2. The van der Waals surface area contributed by atoms with Gasteiger partial charge in [-0.05, 0) is 72.9 Å². The summed E-state index contributed by atoms with van der Waals surface area (Å²) in [4.78, 5) is 27.6. The van der Waals surface area contributed by atoms with Crippen molar-refractivity contribution < 1.29 is 9.90 Å². The number of amides is 2. The van der Waals surface area contributed by atoms with Crippen molar-refractivity contribution in [1.82, 2.24) is 34.3 Å². The van der Waals surface area contributed by atoms with Crippen molar-refractivity contribution in [3.63, 3.8) is 0 Å². The first-order chi connectivity index (χ1) is 19.4. The van der Waals surface area contributed by atoms with E-state index in [9.17, 15) is 9.90 Å². The molecule has 0 unspecified atom stereocenters. The molecule has 0 aliphatic carbocycles. The highest BCUT2D eigenvalue weighted by Gasteiger charge is 2.29. The van der Waals surface area contributed by atoms with Crippen LogP contribution in [0, 0.1) is 13.8 Å². The van der Waals surface area contributed by atoms with Gasteiger partial charge in [-0.1, -0.05) is 19.9 Å². The molecule has 0 spiro atoms. The summed E-state index contributed by atoms with van der Waals surface area (Å²) in [7, 11) is 0. The number of aliphatic hydroxyl groups excluding tert-OH is 1. The third kappa shape index (κ3) is 4.75. The van der Waals surface area contributed by atoms with E-state index in [1.807, 2.05) is 14.3 Å². The Morgan fingerprint density at radius 3 is 2.48 bits per heavy atom. The Morgan fingerprint density at radius 2 is 1.77 bits per heavy atom. The zero-order valence-corrected chi connectivity index (χ0v) is 24.2. The van der Waals surface area contributed by atoms with Gasteiger partial charge in [0.1, 0.15) is 6.33 Å². The highest BCUT2D eigenvalue weighted by atomic mass is 16.3. The van der Waals surface area contributed by atoms with Crippen LogP contribution in [-0.4, -0.2) is 97.8 Å². The fourth-order valence-corrected chi connectivity index (χ4v) is 6.66. The molecule has 3 aromatic heterocycles. The lowest BCUT2D eigenvalue weighted by Crippen LogP contribution is -2.54. The number of β-amino-alcohol motifs (C(OH)–C–C–N with tert-alkyl or cyclic N) is 1. The number of piperidine rings is 1. The van der Waals surface area contributed by atoms with Gasteiger partial charge < -0.3 is 19.9 Å². The number of carbonyl (C=O) groups excluding carboxylic acids is 1. The summed E-state index contributed by atoms with van der Waals surface area (Å²) in [6.45, 7) is 14.4. The van der Waals surface area contributed by atoms with E-state index in [1.165, 1.54) is 33.3 Å². The van der Waals surface area contributed by atoms with Gasteiger partial charge in [0.2, 0.25) is 0 Å². The first kappa shape index (κ1) is 26.8. The Balaban J connectivity index is 1.22. The number of pyridine rings is 1. The molecule has 1 aromatic carbocycles. The fourth-order valence-electron chi connectivity index (χ4n) is 6.66. The van der Waals surface area contributed by atoms with Gasteiger partial charge in [-0.25, -0.2) is 14.3 Å². The first-order valence-corrected chi connectivity index (χ1v) is 14.7. The summed E-state index contributed by atoms with van der Waals surface area (Å²) in [5.41, 5.74) is 9.47. The van der Waals surface area contributed by atoms with E-state index in [4.69, 9.17) is 0 Å². The quantitative estimate of drug-likeness (QED) is 0.386. The van der Waals surface area contributed by atoms with Crippen LogP contribution in [0.3, 0.4) is 0 Å². The Labute approximate surface area is 235 Å². The number of urea groups is 1. The molecule has 40 heavy (non-hydrogen) atoms. The van der Waals surface area contributed by atoms with Crippen LogP contribution >= 0.6 is 0 Å². The van der Waals surface area contributed by atoms with Crippen LogP contribution < -0.4 is 0 Å². The summed E-state index contributed by atoms with van der Waals surface area (Å²) in [5, 5.41) is 14.9. The number of benzene rings is 1. The van der Waals surface area contributed by atoms with Crippen LogP contribution in [-0.2, 0) is 0 Å². The molecule has 4 aromatic rings. The smallest absolute Gasteiger partial charge is 0.320 e. The molecular weight excluding hydrogens is 502 g/mol. The highest BCUT2D eigenvalue weighted by Crippen LogP contribution is 2.40. The van der Waals surface area contributed by atoms with Gasteiger partial charge in [0, 0.05) is 68.5 Å². The number of hydrogen-bond acceptors (Lipinski definition) is 5.